The van der Waals surface area contributed by atoms with E-state index in [0.717, 1.165) is 24.2 Å². The topological polar surface area (TPSA) is 111 Å². The summed E-state index contributed by atoms with van der Waals surface area (Å²) in [6, 6.07) is -1.09. The summed E-state index contributed by atoms with van der Waals surface area (Å²) in [5.74, 6) is -0.306. The molecule has 3 aliphatic heterocycles. The van der Waals surface area contributed by atoms with E-state index in [2.05, 4.69) is 0 Å². The Balaban J connectivity index is 1.38. The number of morpholine rings is 1. The number of amides is 3. The monoisotopic (exact) mass is 393 g/mol. The van der Waals surface area contributed by atoms with Crippen LogP contribution in [0.1, 0.15) is 39.0 Å². The van der Waals surface area contributed by atoms with Gasteiger partial charge in [0.05, 0.1) is 31.1 Å². The molecule has 4 rings (SSSR count). The molecule has 1 spiro atoms. The van der Waals surface area contributed by atoms with Crippen LogP contribution in [0.5, 0.6) is 0 Å². The number of hydrogen-bond acceptors (Lipinski definition) is 5. The lowest BCUT2D eigenvalue weighted by molar-refractivity contribution is -0.144. The van der Waals surface area contributed by atoms with Gasteiger partial charge < -0.3 is 24.7 Å². The molecule has 3 fully saturated rings. The summed E-state index contributed by atoms with van der Waals surface area (Å²) in [5, 5.41) is 19.6. The van der Waals surface area contributed by atoms with Crippen molar-refractivity contribution in [3.05, 3.63) is 11.9 Å². The van der Waals surface area contributed by atoms with Crippen molar-refractivity contribution in [1.82, 2.24) is 14.7 Å². The lowest BCUT2D eigenvalue weighted by Crippen LogP contribution is -2.58. The van der Waals surface area contributed by atoms with Crippen LogP contribution in [0, 0.1) is 5.41 Å². The molecular weight excluding hydrogens is 366 g/mol. The van der Waals surface area contributed by atoms with Crippen molar-refractivity contribution < 1.29 is 29.3 Å². The van der Waals surface area contributed by atoms with Gasteiger partial charge in [-0.25, -0.2) is 4.79 Å². The fourth-order valence-electron chi connectivity index (χ4n) is 4.56. The Morgan fingerprint density at radius 3 is 2.71 bits per heavy atom. The smallest absolute Gasteiger partial charge is 0.412 e. The molecule has 1 aliphatic carbocycles. The highest BCUT2D eigenvalue weighted by molar-refractivity contribution is 5.89. The van der Waals surface area contributed by atoms with Crippen LogP contribution >= 0.6 is 0 Å². The molecule has 4 aliphatic rings. The van der Waals surface area contributed by atoms with Crippen molar-refractivity contribution in [2.45, 2.75) is 57.2 Å². The highest BCUT2D eigenvalue weighted by Gasteiger charge is 2.51. The quantitative estimate of drug-likeness (QED) is 0.726. The van der Waals surface area contributed by atoms with Crippen LogP contribution in [-0.2, 0) is 14.3 Å². The van der Waals surface area contributed by atoms with Crippen LogP contribution < -0.4 is 0 Å². The molecule has 154 valence electrons. The first-order valence-electron chi connectivity index (χ1n) is 9.91. The van der Waals surface area contributed by atoms with Gasteiger partial charge in [-0.1, -0.05) is 0 Å². The predicted octanol–water partition coefficient (Wildman–Crippen LogP) is 0.591. The van der Waals surface area contributed by atoms with Crippen LogP contribution in [0.25, 0.3) is 0 Å². The number of nitrogens with zero attached hydrogens (tertiary/aromatic N) is 3. The summed E-state index contributed by atoms with van der Waals surface area (Å²) in [6.45, 7) is 3.12. The molecule has 0 bridgehead atoms. The number of aliphatic hydroxyl groups is 1. The van der Waals surface area contributed by atoms with E-state index < -0.39 is 18.2 Å². The largest absolute Gasteiger partial charge is 0.465 e. The first-order chi connectivity index (χ1) is 13.3. The van der Waals surface area contributed by atoms with Gasteiger partial charge in [0.15, 0.2) is 0 Å². The first kappa shape index (κ1) is 19.2. The summed E-state index contributed by atoms with van der Waals surface area (Å²) < 4.78 is 5.55. The lowest BCUT2D eigenvalue weighted by atomic mass is 9.90. The minimum atomic E-state index is -1.18. The van der Waals surface area contributed by atoms with Gasteiger partial charge in [0.25, 0.3) is 0 Å². The van der Waals surface area contributed by atoms with E-state index >= 15 is 0 Å². The summed E-state index contributed by atoms with van der Waals surface area (Å²) in [4.78, 5) is 41.0. The van der Waals surface area contributed by atoms with Crippen LogP contribution in [-0.4, -0.2) is 87.3 Å². The van der Waals surface area contributed by atoms with Gasteiger partial charge in [-0.2, -0.15) is 0 Å². The van der Waals surface area contributed by atoms with Crippen molar-refractivity contribution in [2.24, 2.45) is 5.41 Å². The number of carboxylic acid groups (broad SMARTS) is 1. The van der Waals surface area contributed by atoms with Gasteiger partial charge in [0, 0.05) is 25.7 Å². The summed E-state index contributed by atoms with van der Waals surface area (Å²) >= 11 is 0. The SMILES string of the molecule is C[C@H]1C(=O)N2C(=CN1C(=O)O)COC[C@@H]2CCC(=O)N1CCC2(CC2)C(O)C1. The van der Waals surface area contributed by atoms with Gasteiger partial charge in [-0.05, 0) is 38.0 Å². The average molecular weight is 393 g/mol. The molecule has 1 unspecified atom stereocenters. The van der Waals surface area contributed by atoms with E-state index in [9.17, 15) is 24.6 Å². The predicted molar refractivity (Wildman–Crippen MR) is 97.0 cm³/mol. The molecule has 3 heterocycles. The molecular formula is C19H27N3O6. The zero-order valence-electron chi connectivity index (χ0n) is 16.0. The maximum Gasteiger partial charge on any atom is 0.412 e. The number of β-amino-alcohol motifs (C(OH)–C–C–N with tert-alkyl or cyclic N) is 1. The second kappa shape index (κ2) is 7.04. The van der Waals surface area contributed by atoms with E-state index in [1.165, 1.54) is 6.20 Å². The van der Waals surface area contributed by atoms with Gasteiger partial charge in [-0.15, -0.1) is 0 Å². The standard InChI is InChI=1S/C19H27N3O6/c1-12-17(25)22-13(10-28-11-14(22)8-21(12)18(26)27)2-3-16(24)20-7-6-19(4-5-19)15(23)9-20/h8,12-13,15,23H,2-7,9-11H2,1H3,(H,26,27)/t12-,13-,15?/m0/s1. The molecule has 2 N–H and O–H groups in total. The van der Waals surface area contributed by atoms with E-state index in [4.69, 9.17) is 4.74 Å². The van der Waals surface area contributed by atoms with Crippen molar-refractivity contribution in [1.29, 1.82) is 0 Å². The number of aliphatic hydroxyl groups excluding tert-OH is 1. The van der Waals surface area contributed by atoms with Crippen LogP contribution in [0.4, 0.5) is 4.79 Å². The third-order valence-electron chi connectivity index (χ3n) is 6.67. The molecule has 9 heteroatoms. The molecule has 1 saturated carbocycles. The lowest BCUT2D eigenvalue weighted by Gasteiger charge is -2.44. The van der Waals surface area contributed by atoms with Gasteiger partial charge in [0.2, 0.25) is 11.8 Å². The van der Waals surface area contributed by atoms with E-state index in [-0.39, 0.29) is 36.3 Å². The van der Waals surface area contributed by atoms with Gasteiger partial charge in [0.1, 0.15) is 6.04 Å². The molecule has 0 aromatic carbocycles. The molecule has 0 aromatic rings. The minimum absolute atomic E-state index is 0.0182. The number of carbonyl (C=O) groups excluding carboxylic acids is 2. The maximum absolute atomic E-state index is 12.7. The zero-order valence-corrected chi connectivity index (χ0v) is 16.0. The van der Waals surface area contributed by atoms with Crippen molar-refractivity contribution in [2.75, 3.05) is 26.3 Å². The highest BCUT2D eigenvalue weighted by Crippen LogP contribution is 2.53. The van der Waals surface area contributed by atoms with E-state index in [1.54, 1.807) is 16.7 Å². The van der Waals surface area contributed by atoms with E-state index in [1.807, 2.05) is 0 Å². The number of likely N-dealkylation sites (tertiary alicyclic amines) is 1. The number of carbonyl (C=O) groups is 3. The third-order valence-corrected chi connectivity index (χ3v) is 6.67. The Kier molecular flexibility index (Phi) is 4.83. The fourth-order valence-corrected chi connectivity index (χ4v) is 4.56. The average Bonchev–Trinajstić information content (AvgIpc) is 3.45. The Hall–Kier alpha value is -2.13. The van der Waals surface area contributed by atoms with Crippen molar-refractivity contribution in [3.63, 3.8) is 0 Å². The number of hydrogen-bond donors (Lipinski definition) is 2. The van der Waals surface area contributed by atoms with Crippen LogP contribution in [0.3, 0.4) is 0 Å². The second-order valence-electron chi connectivity index (χ2n) is 8.37. The molecule has 3 atom stereocenters. The number of ether oxygens (including phenoxy) is 1. The maximum atomic E-state index is 12.7. The molecule has 3 amide bonds. The molecule has 28 heavy (non-hydrogen) atoms. The number of fused-ring (bicyclic) bond motifs is 1. The Labute approximate surface area is 163 Å². The van der Waals surface area contributed by atoms with E-state index in [0.29, 0.717) is 31.8 Å². The molecule has 2 saturated heterocycles. The third kappa shape index (κ3) is 3.26. The number of piperidine rings is 1. The zero-order chi connectivity index (χ0) is 20.1. The van der Waals surface area contributed by atoms with Gasteiger partial charge >= 0.3 is 6.09 Å². The van der Waals surface area contributed by atoms with Crippen molar-refractivity contribution in [3.8, 4) is 0 Å². The summed E-state index contributed by atoms with van der Waals surface area (Å²) in [6.07, 6.45) is 3.49. The second-order valence-corrected chi connectivity index (χ2v) is 8.37. The van der Waals surface area contributed by atoms with Crippen molar-refractivity contribution >= 4 is 17.9 Å². The summed E-state index contributed by atoms with van der Waals surface area (Å²) in [5.41, 5.74) is 0.568. The normalized spacial score (nSPS) is 31.5. The Morgan fingerprint density at radius 1 is 1.32 bits per heavy atom. The summed E-state index contributed by atoms with van der Waals surface area (Å²) in [7, 11) is 0. The highest BCUT2D eigenvalue weighted by atomic mass is 16.5. The minimum Gasteiger partial charge on any atom is -0.465 e. The molecule has 9 nitrogen and oxygen atoms in total. The molecule has 0 radical (unpaired) electrons. The van der Waals surface area contributed by atoms with Gasteiger partial charge in [-0.3, -0.25) is 14.5 Å². The number of rotatable bonds is 3. The first-order valence-corrected chi connectivity index (χ1v) is 9.91. The fraction of sp³-hybridized carbons (Fsp3) is 0.737. The van der Waals surface area contributed by atoms with Crippen LogP contribution in [0.2, 0.25) is 0 Å². The Bertz CT molecular complexity index is 718. The van der Waals surface area contributed by atoms with Crippen LogP contribution in [0.15, 0.2) is 11.9 Å². The molecule has 0 aromatic heterocycles. The Morgan fingerprint density at radius 2 is 2.07 bits per heavy atom.